The second kappa shape index (κ2) is 6.59. The molecule has 0 unspecified atom stereocenters. The van der Waals surface area contributed by atoms with Crippen molar-refractivity contribution in [1.29, 1.82) is 0 Å². The summed E-state index contributed by atoms with van der Waals surface area (Å²) in [5.41, 5.74) is 2.57. The third-order valence-electron chi connectivity index (χ3n) is 2.60. The van der Waals surface area contributed by atoms with Gasteiger partial charge in [-0.2, -0.15) is 0 Å². The molecule has 96 valence electrons. The van der Waals surface area contributed by atoms with Crippen LogP contribution in [0.5, 0.6) is 0 Å². The van der Waals surface area contributed by atoms with Crippen molar-refractivity contribution < 1.29 is 14.3 Å². The van der Waals surface area contributed by atoms with Crippen molar-refractivity contribution in [1.82, 2.24) is 4.57 Å². The van der Waals surface area contributed by atoms with E-state index >= 15 is 0 Å². The predicted octanol–water partition coefficient (Wildman–Crippen LogP) is 2.08. The molecule has 0 bridgehead atoms. The van der Waals surface area contributed by atoms with Gasteiger partial charge in [0.25, 0.3) is 0 Å². The van der Waals surface area contributed by atoms with Crippen LogP contribution in [-0.4, -0.2) is 23.9 Å². The van der Waals surface area contributed by atoms with Gasteiger partial charge in [0.15, 0.2) is 0 Å². The van der Waals surface area contributed by atoms with Crippen LogP contribution in [0.3, 0.4) is 0 Å². The van der Waals surface area contributed by atoms with Gasteiger partial charge in [-0.05, 0) is 18.6 Å². The molecule has 0 aliphatic carbocycles. The Morgan fingerprint density at radius 2 is 2.28 bits per heavy atom. The van der Waals surface area contributed by atoms with Crippen LogP contribution in [0.15, 0.2) is 18.9 Å². The van der Waals surface area contributed by atoms with E-state index in [-0.39, 0.29) is 18.9 Å². The fraction of sp³-hybridized carbons (Fsp3) is 0.286. The van der Waals surface area contributed by atoms with Crippen LogP contribution >= 0.6 is 0 Å². The van der Waals surface area contributed by atoms with Gasteiger partial charge in [-0.25, -0.2) is 0 Å². The minimum absolute atomic E-state index is 0.183. The highest BCUT2D eigenvalue weighted by Crippen LogP contribution is 2.21. The first-order chi connectivity index (χ1) is 8.67. The fourth-order valence-electron chi connectivity index (χ4n) is 1.83. The molecular formula is C14H17NO3. The highest BCUT2D eigenvalue weighted by molar-refractivity contribution is 5.76. The maximum atomic E-state index is 11.4. The largest absolute Gasteiger partial charge is 0.469 e. The molecule has 0 saturated heterocycles. The summed E-state index contributed by atoms with van der Waals surface area (Å²) >= 11 is 0. The maximum Gasteiger partial charge on any atom is 0.310 e. The van der Waals surface area contributed by atoms with Gasteiger partial charge in [-0.3, -0.25) is 4.79 Å². The molecule has 0 N–H and O–H groups in total. The quantitative estimate of drug-likeness (QED) is 0.571. The van der Waals surface area contributed by atoms with Crippen LogP contribution in [0.4, 0.5) is 0 Å². The summed E-state index contributed by atoms with van der Waals surface area (Å²) in [6.07, 6.45) is 8.25. The molecule has 0 radical (unpaired) electrons. The lowest BCUT2D eigenvalue weighted by Gasteiger charge is -2.01. The number of carbonyl (C=O) groups excluding carboxylic acids is 2. The molecule has 1 aromatic rings. The lowest BCUT2D eigenvalue weighted by atomic mass is 10.1. The summed E-state index contributed by atoms with van der Waals surface area (Å²) in [5, 5.41) is 0. The number of nitrogens with zero attached hydrogens (tertiary/aromatic N) is 1. The van der Waals surface area contributed by atoms with E-state index < -0.39 is 0 Å². The van der Waals surface area contributed by atoms with Crippen LogP contribution in [0.25, 0.3) is 12.2 Å². The van der Waals surface area contributed by atoms with Crippen LogP contribution in [0, 0.1) is 0 Å². The van der Waals surface area contributed by atoms with E-state index in [4.69, 9.17) is 0 Å². The summed E-state index contributed by atoms with van der Waals surface area (Å²) < 4.78 is 6.43. The lowest BCUT2D eigenvalue weighted by molar-refractivity contribution is -0.139. The molecule has 0 saturated carbocycles. The summed E-state index contributed by atoms with van der Waals surface area (Å²) in [6, 6.07) is 0. The van der Waals surface area contributed by atoms with Gasteiger partial charge >= 0.3 is 5.97 Å². The average Bonchev–Trinajstić information content (AvgIpc) is 2.67. The van der Waals surface area contributed by atoms with Gasteiger partial charge in [0.05, 0.1) is 20.1 Å². The molecule has 4 nitrogen and oxygen atoms in total. The molecule has 0 spiro atoms. The molecule has 0 amide bonds. The highest BCUT2D eigenvalue weighted by Gasteiger charge is 2.14. The van der Waals surface area contributed by atoms with E-state index in [2.05, 4.69) is 11.3 Å². The van der Waals surface area contributed by atoms with Crippen molar-refractivity contribution in [2.45, 2.75) is 19.9 Å². The van der Waals surface area contributed by atoms with E-state index in [1.54, 1.807) is 16.8 Å². The zero-order valence-corrected chi connectivity index (χ0v) is 10.7. The number of hydrogen-bond acceptors (Lipinski definition) is 3. The number of aromatic nitrogens is 1. The SMILES string of the molecule is C=Cc1c(/C=C\C)c(CC(=O)OC)cn1CC=O. The lowest BCUT2D eigenvalue weighted by Crippen LogP contribution is -2.04. The molecular weight excluding hydrogens is 230 g/mol. The number of rotatable bonds is 6. The van der Waals surface area contributed by atoms with Gasteiger partial charge in [-0.1, -0.05) is 18.7 Å². The topological polar surface area (TPSA) is 48.3 Å². The average molecular weight is 247 g/mol. The molecule has 4 heteroatoms. The van der Waals surface area contributed by atoms with E-state index in [9.17, 15) is 9.59 Å². The molecule has 0 aliphatic heterocycles. The number of aldehydes is 1. The molecule has 18 heavy (non-hydrogen) atoms. The van der Waals surface area contributed by atoms with Crippen molar-refractivity contribution in [3.63, 3.8) is 0 Å². The van der Waals surface area contributed by atoms with Crippen molar-refractivity contribution in [2.24, 2.45) is 0 Å². The second-order valence-corrected chi connectivity index (χ2v) is 3.73. The highest BCUT2D eigenvalue weighted by atomic mass is 16.5. The normalized spacial score (nSPS) is 10.6. The number of esters is 1. The van der Waals surface area contributed by atoms with Crippen LogP contribution in [-0.2, 0) is 27.3 Å². The van der Waals surface area contributed by atoms with E-state index in [0.717, 1.165) is 23.1 Å². The Hall–Kier alpha value is -2.10. The zero-order valence-electron chi connectivity index (χ0n) is 10.7. The van der Waals surface area contributed by atoms with Crippen molar-refractivity contribution >= 4 is 24.4 Å². The molecule has 1 rings (SSSR count). The maximum absolute atomic E-state index is 11.4. The van der Waals surface area contributed by atoms with Crippen LogP contribution in [0.2, 0.25) is 0 Å². The molecule has 0 atom stereocenters. The van der Waals surface area contributed by atoms with Crippen LogP contribution in [0.1, 0.15) is 23.7 Å². The first kappa shape index (κ1) is 14.0. The predicted molar refractivity (Wildman–Crippen MR) is 71.0 cm³/mol. The first-order valence-corrected chi connectivity index (χ1v) is 5.65. The number of methoxy groups -OCH3 is 1. The molecule has 0 fully saturated rings. The minimum atomic E-state index is -0.306. The van der Waals surface area contributed by atoms with Gasteiger partial charge in [0.1, 0.15) is 6.29 Å². The second-order valence-electron chi connectivity index (χ2n) is 3.73. The fourth-order valence-corrected chi connectivity index (χ4v) is 1.83. The standard InChI is InChI=1S/C14H17NO3/c1-4-6-12-11(9-14(17)18-3)10-15(7-8-16)13(12)5-2/h4-6,8,10H,2,7,9H2,1,3H3/b6-4-. The Morgan fingerprint density at radius 3 is 2.78 bits per heavy atom. The van der Waals surface area contributed by atoms with Gasteiger partial charge in [-0.15, -0.1) is 0 Å². The molecule has 0 aromatic carbocycles. The van der Waals surface area contributed by atoms with E-state index in [1.807, 2.05) is 19.1 Å². The Labute approximate surface area is 107 Å². The van der Waals surface area contributed by atoms with Crippen molar-refractivity contribution in [2.75, 3.05) is 7.11 Å². The summed E-state index contributed by atoms with van der Waals surface area (Å²) in [4.78, 5) is 22.0. The number of carbonyl (C=O) groups is 2. The molecule has 0 aliphatic rings. The Kier molecular flexibility index (Phi) is 5.11. The molecule has 1 aromatic heterocycles. The third-order valence-corrected chi connectivity index (χ3v) is 2.60. The third kappa shape index (κ3) is 2.97. The number of ether oxygens (including phenoxy) is 1. The smallest absolute Gasteiger partial charge is 0.310 e. The first-order valence-electron chi connectivity index (χ1n) is 5.65. The summed E-state index contributed by atoms with van der Waals surface area (Å²) in [7, 11) is 1.36. The van der Waals surface area contributed by atoms with E-state index in [1.165, 1.54) is 7.11 Å². The summed E-state index contributed by atoms with van der Waals surface area (Å²) in [6.45, 7) is 5.88. The van der Waals surface area contributed by atoms with Gasteiger partial charge in [0, 0.05) is 17.5 Å². The van der Waals surface area contributed by atoms with Gasteiger partial charge in [0.2, 0.25) is 0 Å². The summed E-state index contributed by atoms with van der Waals surface area (Å²) in [5.74, 6) is -0.306. The zero-order chi connectivity index (χ0) is 13.5. The minimum Gasteiger partial charge on any atom is -0.469 e. The van der Waals surface area contributed by atoms with E-state index in [0.29, 0.717) is 0 Å². The monoisotopic (exact) mass is 247 g/mol. The molecule has 1 heterocycles. The Bertz CT molecular complexity index is 483. The van der Waals surface area contributed by atoms with Gasteiger partial charge < -0.3 is 14.1 Å². The Morgan fingerprint density at radius 1 is 1.56 bits per heavy atom. The Balaban J connectivity index is 3.26. The number of allylic oxidation sites excluding steroid dienone is 1. The van der Waals surface area contributed by atoms with Crippen molar-refractivity contribution in [3.05, 3.63) is 35.7 Å². The number of hydrogen-bond donors (Lipinski definition) is 0. The van der Waals surface area contributed by atoms with Crippen LogP contribution < -0.4 is 0 Å². The van der Waals surface area contributed by atoms with Crippen molar-refractivity contribution in [3.8, 4) is 0 Å².